The molecule has 1 fully saturated rings. The standard InChI is InChI=1S/C7H8O5/c8-5(9)1-4-2-6(10)12-7(11)3-4/h4H,1-3H2,(H,8,9). The summed E-state index contributed by atoms with van der Waals surface area (Å²) in [6.45, 7) is 0. The molecule has 0 bridgehead atoms. The van der Waals surface area contributed by atoms with Gasteiger partial charge < -0.3 is 9.84 Å². The molecule has 1 aliphatic heterocycles. The van der Waals surface area contributed by atoms with E-state index in [1.165, 1.54) is 0 Å². The summed E-state index contributed by atoms with van der Waals surface area (Å²) >= 11 is 0. The zero-order valence-electron chi connectivity index (χ0n) is 6.28. The first kappa shape index (κ1) is 8.70. The SMILES string of the molecule is O=C(O)CC1CC(=O)OC(=O)C1. The van der Waals surface area contributed by atoms with Gasteiger partial charge in [-0.3, -0.25) is 14.4 Å². The van der Waals surface area contributed by atoms with E-state index in [2.05, 4.69) is 4.74 Å². The van der Waals surface area contributed by atoms with Crippen LogP contribution in [0.2, 0.25) is 0 Å². The number of rotatable bonds is 2. The van der Waals surface area contributed by atoms with Crippen molar-refractivity contribution in [2.75, 3.05) is 0 Å². The van der Waals surface area contributed by atoms with Gasteiger partial charge >= 0.3 is 17.9 Å². The van der Waals surface area contributed by atoms with Gasteiger partial charge in [0.25, 0.3) is 0 Å². The second kappa shape index (κ2) is 3.34. The molecule has 0 aliphatic carbocycles. The van der Waals surface area contributed by atoms with Gasteiger partial charge in [0.2, 0.25) is 0 Å². The lowest BCUT2D eigenvalue weighted by atomic mass is 9.96. The molecule has 5 heteroatoms. The summed E-state index contributed by atoms with van der Waals surface area (Å²) in [6, 6.07) is 0. The Labute approximate surface area is 68.3 Å². The average Bonchev–Trinajstić information content (AvgIpc) is 1.81. The number of hydrogen-bond donors (Lipinski definition) is 1. The van der Waals surface area contributed by atoms with Gasteiger partial charge in [-0.25, -0.2) is 0 Å². The number of carbonyl (C=O) groups excluding carboxylic acids is 2. The third kappa shape index (κ3) is 2.34. The second-order valence-corrected chi connectivity index (χ2v) is 2.72. The van der Waals surface area contributed by atoms with E-state index < -0.39 is 23.8 Å². The summed E-state index contributed by atoms with van der Waals surface area (Å²) in [5.74, 6) is -2.64. The molecule has 1 saturated heterocycles. The number of cyclic esters (lactones) is 2. The van der Waals surface area contributed by atoms with Gasteiger partial charge in [-0.1, -0.05) is 0 Å². The van der Waals surface area contributed by atoms with Crippen LogP contribution in [0.15, 0.2) is 0 Å². The highest BCUT2D eigenvalue weighted by Crippen LogP contribution is 2.19. The van der Waals surface area contributed by atoms with Gasteiger partial charge in [0.05, 0.1) is 0 Å². The van der Waals surface area contributed by atoms with Crippen molar-refractivity contribution < 1.29 is 24.2 Å². The van der Waals surface area contributed by atoms with Crippen LogP contribution in [0.25, 0.3) is 0 Å². The molecule has 0 radical (unpaired) electrons. The van der Waals surface area contributed by atoms with E-state index in [-0.39, 0.29) is 19.3 Å². The lowest BCUT2D eigenvalue weighted by molar-refractivity contribution is -0.165. The fourth-order valence-corrected chi connectivity index (χ4v) is 1.15. The number of ether oxygens (including phenoxy) is 1. The van der Waals surface area contributed by atoms with Crippen molar-refractivity contribution in [3.8, 4) is 0 Å². The Hall–Kier alpha value is -1.39. The predicted molar refractivity (Wildman–Crippen MR) is 36.1 cm³/mol. The van der Waals surface area contributed by atoms with Crippen molar-refractivity contribution in [3.63, 3.8) is 0 Å². The molecule has 12 heavy (non-hydrogen) atoms. The smallest absolute Gasteiger partial charge is 0.313 e. The Morgan fingerprint density at radius 1 is 1.42 bits per heavy atom. The van der Waals surface area contributed by atoms with Crippen LogP contribution in [0.3, 0.4) is 0 Å². The fraction of sp³-hybridized carbons (Fsp3) is 0.571. The summed E-state index contributed by atoms with van der Waals surface area (Å²) in [5.41, 5.74) is 0. The molecular formula is C7H8O5. The van der Waals surface area contributed by atoms with Crippen molar-refractivity contribution >= 4 is 17.9 Å². The van der Waals surface area contributed by atoms with Gasteiger partial charge in [-0.2, -0.15) is 0 Å². The summed E-state index contributed by atoms with van der Waals surface area (Å²) < 4.78 is 4.23. The quantitative estimate of drug-likeness (QED) is 0.466. The molecule has 0 saturated carbocycles. The molecule has 1 aliphatic rings. The molecule has 0 aromatic carbocycles. The normalized spacial score (nSPS) is 19.0. The molecule has 0 amide bonds. The van der Waals surface area contributed by atoms with Gasteiger partial charge in [0.15, 0.2) is 0 Å². The highest BCUT2D eigenvalue weighted by molar-refractivity contribution is 5.89. The largest absolute Gasteiger partial charge is 0.481 e. The van der Waals surface area contributed by atoms with Crippen LogP contribution < -0.4 is 0 Å². The number of carbonyl (C=O) groups is 3. The average molecular weight is 172 g/mol. The minimum absolute atomic E-state index is 0.0258. The second-order valence-electron chi connectivity index (χ2n) is 2.72. The van der Waals surface area contributed by atoms with Crippen LogP contribution in [0.5, 0.6) is 0 Å². The molecule has 0 unspecified atom stereocenters. The lowest BCUT2D eigenvalue weighted by Crippen LogP contribution is -2.26. The Bertz CT molecular complexity index is 213. The minimum atomic E-state index is -0.998. The van der Waals surface area contributed by atoms with Gasteiger partial charge in [0.1, 0.15) is 0 Å². The lowest BCUT2D eigenvalue weighted by Gasteiger charge is -2.17. The monoisotopic (exact) mass is 172 g/mol. The van der Waals surface area contributed by atoms with E-state index in [1.54, 1.807) is 0 Å². The van der Waals surface area contributed by atoms with Crippen molar-refractivity contribution in [3.05, 3.63) is 0 Å². The number of aliphatic carboxylic acids is 1. The van der Waals surface area contributed by atoms with Crippen LogP contribution in [0, 0.1) is 5.92 Å². The van der Waals surface area contributed by atoms with Crippen LogP contribution in [-0.2, 0) is 19.1 Å². The van der Waals surface area contributed by atoms with Gasteiger partial charge in [-0.15, -0.1) is 0 Å². The topological polar surface area (TPSA) is 80.7 Å². The number of carboxylic acids is 1. The fourth-order valence-electron chi connectivity index (χ4n) is 1.15. The molecule has 0 atom stereocenters. The Morgan fingerprint density at radius 3 is 2.33 bits per heavy atom. The zero-order chi connectivity index (χ0) is 9.14. The molecule has 0 aromatic heterocycles. The summed E-state index contributed by atoms with van der Waals surface area (Å²) in [6.07, 6.45) is -0.100. The molecule has 1 rings (SSSR count). The van der Waals surface area contributed by atoms with Crippen LogP contribution in [0.1, 0.15) is 19.3 Å². The van der Waals surface area contributed by atoms with Crippen molar-refractivity contribution in [2.45, 2.75) is 19.3 Å². The molecule has 0 spiro atoms. The van der Waals surface area contributed by atoms with E-state index in [9.17, 15) is 14.4 Å². The van der Waals surface area contributed by atoms with Crippen LogP contribution >= 0.6 is 0 Å². The first-order chi connectivity index (χ1) is 5.58. The highest BCUT2D eigenvalue weighted by atomic mass is 16.6. The predicted octanol–water partition coefficient (Wildman–Crippen LogP) is -0.0591. The van der Waals surface area contributed by atoms with Crippen molar-refractivity contribution in [1.29, 1.82) is 0 Å². The first-order valence-corrected chi connectivity index (χ1v) is 3.53. The Kier molecular flexibility index (Phi) is 2.42. The molecule has 66 valence electrons. The summed E-state index contributed by atoms with van der Waals surface area (Å²) in [4.78, 5) is 31.5. The Balaban J connectivity index is 2.49. The molecule has 1 heterocycles. The van der Waals surface area contributed by atoms with E-state index >= 15 is 0 Å². The van der Waals surface area contributed by atoms with Gasteiger partial charge in [0, 0.05) is 19.3 Å². The maximum Gasteiger partial charge on any atom is 0.313 e. The molecule has 0 aromatic rings. The Morgan fingerprint density at radius 2 is 1.92 bits per heavy atom. The number of hydrogen-bond acceptors (Lipinski definition) is 4. The maximum atomic E-state index is 10.6. The van der Waals surface area contributed by atoms with E-state index in [1.807, 2.05) is 0 Å². The van der Waals surface area contributed by atoms with E-state index in [0.717, 1.165) is 0 Å². The molecule has 5 nitrogen and oxygen atoms in total. The third-order valence-electron chi connectivity index (χ3n) is 1.60. The first-order valence-electron chi connectivity index (χ1n) is 3.53. The zero-order valence-corrected chi connectivity index (χ0v) is 6.28. The van der Waals surface area contributed by atoms with E-state index in [4.69, 9.17) is 5.11 Å². The van der Waals surface area contributed by atoms with Crippen LogP contribution in [-0.4, -0.2) is 23.0 Å². The number of esters is 2. The van der Waals surface area contributed by atoms with Crippen LogP contribution in [0.4, 0.5) is 0 Å². The van der Waals surface area contributed by atoms with Gasteiger partial charge in [-0.05, 0) is 5.92 Å². The minimum Gasteiger partial charge on any atom is -0.481 e. The summed E-state index contributed by atoms with van der Waals surface area (Å²) in [5, 5.41) is 8.37. The van der Waals surface area contributed by atoms with Crippen molar-refractivity contribution in [1.82, 2.24) is 0 Å². The highest BCUT2D eigenvalue weighted by Gasteiger charge is 2.28. The molecular weight excluding hydrogens is 164 g/mol. The van der Waals surface area contributed by atoms with E-state index in [0.29, 0.717) is 0 Å². The number of carboxylic acid groups (broad SMARTS) is 1. The molecule has 1 N–H and O–H groups in total. The van der Waals surface area contributed by atoms with Crippen molar-refractivity contribution in [2.24, 2.45) is 5.92 Å². The third-order valence-corrected chi connectivity index (χ3v) is 1.60. The summed E-state index contributed by atoms with van der Waals surface area (Å²) in [7, 11) is 0. The maximum absolute atomic E-state index is 10.6.